The van der Waals surface area contributed by atoms with Crippen molar-refractivity contribution in [1.82, 2.24) is 0 Å². The molecule has 5 aromatic carbocycles. The van der Waals surface area contributed by atoms with Crippen LogP contribution in [0.1, 0.15) is 193 Å². The van der Waals surface area contributed by atoms with E-state index >= 15 is 0 Å². The molecule has 3 saturated carbocycles. The maximum atomic E-state index is 3.08. The van der Waals surface area contributed by atoms with Crippen molar-refractivity contribution in [2.24, 2.45) is 0 Å². The first kappa shape index (κ1) is 43.6. The highest BCUT2D eigenvalue weighted by Gasteiger charge is 2.65. The topological polar surface area (TPSA) is 9.72 Å². The van der Waals surface area contributed by atoms with Gasteiger partial charge in [-0.15, -0.1) is 0 Å². The van der Waals surface area contributed by atoms with E-state index in [1.807, 2.05) is 0 Å². The molecule has 0 bridgehead atoms. The lowest BCUT2D eigenvalue weighted by molar-refractivity contribution is 0.163. The van der Waals surface area contributed by atoms with Gasteiger partial charge < -0.3 is 14.7 Å². The van der Waals surface area contributed by atoms with Crippen LogP contribution in [0.4, 0.5) is 28.4 Å². The normalized spacial score (nSPS) is 31.3. The molecule has 68 heavy (non-hydrogen) atoms. The maximum Gasteiger partial charge on any atom is 0.222 e. The van der Waals surface area contributed by atoms with Crippen LogP contribution in [0.3, 0.4) is 0 Å². The van der Waals surface area contributed by atoms with E-state index in [0.29, 0.717) is 24.6 Å². The second-order valence-corrected chi connectivity index (χ2v) is 27.2. The number of anilines is 5. The van der Waals surface area contributed by atoms with E-state index in [2.05, 4.69) is 190 Å². The van der Waals surface area contributed by atoms with Gasteiger partial charge in [0, 0.05) is 62.3 Å². The third-order valence-corrected chi connectivity index (χ3v) is 21.3. The van der Waals surface area contributed by atoms with Crippen LogP contribution in [0.15, 0.2) is 84.9 Å². The Labute approximate surface area is 410 Å². The van der Waals surface area contributed by atoms with Gasteiger partial charge in [-0.3, -0.25) is 0 Å². The van der Waals surface area contributed by atoms with Crippen LogP contribution in [0.5, 0.6) is 0 Å². The summed E-state index contributed by atoms with van der Waals surface area (Å²) >= 11 is 0. The number of fused-ring (bicyclic) bond motifs is 13. The summed E-state index contributed by atoms with van der Waals surface area (Å²) in [6.07, 6.45) is 13.9. The van der Waals surface area contributed by atoms with Crippen LogP contribution in [0.25, 0.3) is 11.1 Å². The molecule has 4 aliphatic carbocycles. The Morgan fingerprint density at radius 2 is 1.22 bits per heavy atom. The van der Waals surface area contributed by atoms with Gasteiger partial charge in [0.2, 0.25) is 6.71 Å². The zero-order chi connectivity index (χ0) is 47.5. The van der Waals surface area contributed by atoms with E-state index in [0.717, 1.165) is 6.42 Å². The molecule has 3 nitrogen and oxygen atoms in total. The van der Waals surface area contributed by atoms with Gasteiger partial charge in [0.1, 0.15) is 0 Å². The van der Waals surface area contributed by atoms with Crippen molar-refractivity contribution in [3.8, 4) is 11.1 Å². The van der Waals surface area contributed by atoms with Crippen molar-refractivity contribution in [1.29, 1.82) is 0 Å². The van der Waals surface area contributed by atoms with Gasteiger partial charge in [-0.05, 0) is 161 Å². The molecule has 4 aliphatic heterocycles. The lowest BCUT2D eigenvalue weighted by Crippen LogP contribution is -2.67. The zero-order valence-corrected chi connectivity index (χ0v) is 44.0. The highest BCUT2D eigenvalue weighted by molar-refractivity contribution is 6.91. The van der Waals surface area contributed by atoms with Gasteiger partial charge in [0.25, 0.3) is 0 Å². The van der Waals surface area contributed by atoms with Crippen molar-refractivity contribution < 1.29 is 0 Å². The minimum atomic E-state index is -0.127. The van der Waals surface area contributed by atoms with Gasteiger partial charge in [0.15, 0.2) is 0 Å². The average molecular weight is 900 g/mol. The van der Waals surface area contributed by atoms with Crippen molar-refractivity contribution in [3.05, 3.63) is 124 Å². The van der Waals surface area contributed by atoms with Crippen LogP contribution in [-0.4, -0.2) is 29.9 Å². The Morgan fingerprint density at radius 3 is 1.96 bits per heavy atom. The standard InChI is InChI=1S/C64H78BN3/c1-39-33-53-56-54(34-39)68-57-47(62(11)30-17-19-32-64(62,68)13)36-41(59(5,6)7)37-49(57)65(56)48-27-26-42(67-50-28-25-40(58(2,3)4)35-46(50)61(10)29-16-18-31-63(61,67)12)38-52(48)66(53)51-24-20-22-44-43-21-14-15-23-45(43)60(8,9)55(44)51/h14-15,20-25,28,33-37,42,48,52H,16-19,26-27,29-32,38H2,1-13H3. The SMILES string of the molecule is Cc1cc2c3c(c1)N1c4c(cc(C(C)(C)C)cc4C4(C)CCCCC14C)B3C1CCC(N3c4ccc(C(C)(C)C)cc4C4(C)CCCCC34C)CC1N2c1cccc2c1C(C)(C)c1ccccc1-2. The summed E-state index contributed by atoms with van der Waals surface area (Å²) in [4.78, 5) is 9.08. The van der Waals surface area contributed by atoms with E-state index < -0.39 is 0 Å². The van der Waals surface area contributed by atoms with Gasteiger partial charge in [-0.25, -0.2) is 0 Å². The molecule has 4 heteroatoms. The number of hydrogen-bond acceptors (Lipinski definition) is 3. The fourth-order valence-electron chi connectivity index (χ4n) is 17.4. The van der Waals surface area contributed by atoms with Crippen molar-refractivity contribution in [2.45, 2.75) is 217 Å². The fraction of sp³-hybridized carbons (Fsp3) is 0.531. The first-order chi connectivity index (χ1) is 32.1. The Kier molecular flexibility index (Phi) is 8.78. The molecule has 352 valence electrons. The number of benzene rings is 5. The second-order valence-electron chi connectivity index (χ2n) is 27.2. The highest BCUT2D eigenvalue weighted by Crippen LogP contribution is 2.66. The summed E-state index contributed by atoms with van der Waals surface area (Å²) < 4.78 is 0. The largest absolute Gasteiger partial charge is 0.362 e. The first-order valence-electron chi connectivity index (χ1n) is 27.2. The summed E-state index contributed by atoms with van der Waals surface area (Å²) in [6.45, 7) is 33.1. The summed E-state index contributed by atoms with van der Waals surface area (Å²) in [7, 11) is 0. The second kappa shape index (κ2) is 13.7. The molecule has 4 heterocycles. The fourth-order valence-corrected chi connectivity index (χ4v) is 17.4. The van der Waals surface area contributed by atoms with Gasteiger partial charge in [-0.1, -0.05) is 162 Å². The lowest BCUT2D eigenvalue weighted by atomic mass is 9.27. The molecule has 0 saturated heterocycles. The molecule has 3 fully saturated rings. The molecule has 7 atom stereocenters. The average Bonchev–Trinajstić information content (AvgIpc) is 3.75. The predicted octanol–water partition coefficient (Wildman–Crippen LogP) is 15.1. The Hall–Kier alpha value is -4.44. The van der Waals surface area contributed by atoms with Crippen molar-refractivity contribution >= 4 is 46.1 Å². The van der Waals surface area contributed by atoms with E-state index in [4.69, 9.17) is 0 Å². The molecule has 0 spiro atoms. The zero-order valence-electron chi connectivity index (χ0n) is 44.0. The Morgan fingerprint density at radius 1 is 0.574 bits per heavy atom. The molecule has 0 N–H and O–H groups in total. The molecular formula is C64H78BN3. The molecule has 8 aliphatic rings. The minimum absolute atomic E-state index is 0.0143. The van der Waals surface area contributed by atoms with Crippen molar-refractivity contribution in [3.63, 3.8) is 0 Å². The Bertz CT molecular complexity index is 2980. The van der Waals surface area contributed by atoms with Crippen LogP contribution in [0, 0.1) is 6.92 Å². The van der Waals surface area contributed by atoms with Crippen molar-refractivity contribution in [2.75, 3.05) is 14.7 Å². The van der Waals surface area contributed by atoms with E-state index in [9.17, 15) is 0 Å². The molecule has 0 amide bonds. The molecule has 5 aromatic rings. The van der Waals surface area contributed by atoms with Crippen LogP contribution in [-0.2, 0) is 27.1 Å². The number of rotatable bonds is 2. The number of hydrogen-bond donors (Lipinski definition) is 0. The lowest BCUT2D eigenvalue weighted by Gasteiger charge is -2.58. The van der Waals surface area contributed by atoms with E-state index in [-0.39, 0.29) is 38.2 Å². The maximum absolute atomic E-state index is 3.08. The summed E-state index contributed by atoms with van der Waals surface area (Å²) in [5.41, 5.74) is 24.7. The van der Waals surface area contributed by atoms with Gasteiger partial charge in [-0.2, -0.15) is 0 Å². The van der Waals surface area contributed by atoms with E-state index in [1.54, 1.807) is 33.4 Å². The molecule has 7 unspecified atom stereocenters. The van der Waals surface area contributed by atoms with Gasteiger partial charge in [0.05, 0.1) is 5.54 Å². The smallest absolute Gasteiger partial charge is 0.222 e. The van der Waals surface area contributed by atoms with Crippen LogP contribution < -0.4 is 25.6 Å². The molecule has 0 aromatic heterocycles. The van der Waals surface area contributed by atoms with Gasteiger partial charge >= 0.3 is 0 Å². The molecule has 13 rings (SSSR count). The summed E-state index contributed by atoms with van der Waals surface area (Å²) in [5.74, 6) is 0.476. The monoisotopic (exact) mass is 900 g/mol. The quantitative estimate of drug-likeness (QED) is 0.164. The Balaban J connectivity index is 1.07. The number of nitrogens with zero attached hydrogens (tertiary/aromatic N) is 3. The number of aryl methyl sites for hydroxylation is 1. The third kappa shape index (κ3) is 5.29. The van der Waals surface area contributed by atoms with Crippen LogP contribution >= 0.6 is 0 Å². The first-order valence-corrected chi connectivity index (χ1v) is 27.2. The summed E-state index contributed by atoms with van der Waals surface area (Å²) in [6, 6.07) is 36.0. The van der Waals surface area contributed by atoms with Crippen LogP contribution in [0.2, 0.25) is 5.82 Å². The minimum Gasteiger partial charge on any atom is -0.362 e. The predicted molar refractivity (Wildman–Crippen MR) is 291 cm³/mol. The molecular weight excluding hydrogens is 822 g/mol. The third-order valence-electron chi connectivity index (χ3n) is 21.3. The highest BCUT2D eigenvalue weighted by atomic mass is 15.3. The van der Waals surface area contributed by atoms with E-state index in [1.165, 1.54) is 120 Å². The summed E-state index contributed by atoms with van der Waals surface area (Å²) in [5, 5.41) is 0. The molecule has 0 radical (unpaired) electrons.